The second-order valence-corrected chi connectivity index (χ2v) is 9.81. The highest BCUT2D eigenvalue weighted by molar-refractivity contribution is 5.85. The number of aryl methyl sites for hydroxylation is 2. The van der Waals surface area contributed by atoms with Crippen LogP contribution in [0.2, 0.25) is 0 Å². The molecule has 3 aromatic carbocycles. The molecule has 176 valence electrons. The minimum Gasteiger partial charge on any atom is -0.508 e. The number of phenols is 1. The van der Waals surface area contributed by atoms with E-state index < -0.39 is 0 Å². The predicted molar refractivity (Wildman–Crippen MR) is 138 cm³/mol. The number of phenolic OH excluding ortho intramolecular Hbond substituents is 1. The summed E-state index contributed by atoms with van der Waals surface area (Å²) in [5.74, 6) is 1.36. The van der Waals surface area contributed by atoms with Gasteiger partial charge in [-0.25, -0.2) is 0 Å². The Bertz CT molecular complexity index is 1130. The number of hydrogen-bond donors (Lipinski definition) is 1. The molecule has 0 aromatic heterocycles. The topological polar surface area (TPSA) is 46.5 Å². The molecule has 1 heterocycles. The number of rotatable bonds is 5. The van der Waals surface area contributed by atoms with Gasteiger partial charge in [-0.1, -0.05) is 50.6 Å². The Morgan fingerprint density at radius 1 is 1.06 bits per heavy atom. The third-order valence-electron chi connectivity index (χ3n) is 7.00. The van der Waals surface area contributed by atoms with Crippen molar-refractivity contribution in [2.45, 2.75) is 85.2 Å². The zero-order valence-electron chi connectivity index (χ0n) is 21.0. The van der Waals surface area contributed by atoms with Crippen molar-refractivity contribution in [1.82, 2.24) is 0 Å². The Kier molecular flexibility index (Phi) is 7.84. The molecular formula is C30H38O3. The van der Waals surface area contributed by atoms with Gasteiger partial charge in [-0.05, 0) is 104 Å². The van der Waals surface area contributed by atoms with E-state index in [1.165, 1.54) is 53.7 Å². The Balaban J connectivity index is 0.000000189. The number of carbonyl (C=O) groups excluding carboxylic acids is 1. The molecule has 1 aliphatic heterocycles. The lowest BCUT2D eigenvalue weighted by Crippen LogP contribution is -2.37. The first-order valence-electron chi connectivity index (χ1n) is 12.1. The maximum Gasteiger partial charge on any atom is 0.127 e. The quantitative estimate of drug-likeness (QED) is 0.408. The highest BCUT2D eigenvalue weighted by Crippen LogP contribution is 2.40. The van der Waals surface area contributed by atoms with Gasteiger partial charge in [-0.15, -0.1) is 0 Å². The van der Waals surface area contributed by atoms with Crippen LogP contribution >= 0.6 is 0 Å². The highest BCUT2D eigenvalue weighted by atomic mass is 16.5. The SMILES string of the molecule is CC(C=O)c1ccc2cc(O)ccc2c1.CCCCC1(C)CCc2c(C)cc(C)c(C)c2O1. The number of carbonyl (C=O) groups is 1. The van der Waals surface area contributed by atoms with Gasteiger partial charge < -0.3 is 14.6 Å². The van der Waals surface area contributed by atoms with Crippen LogP contribution in [-0.4, -0.2) is 17.0 Å². The number of aromatic hydroxyl groups is 1. The van der Waals surface area contributed by atoms with Crippen LogP contribution in [-0.2, 0) is 11.2 Å². The Morgan fingerprint density at radius 3 is 2.45 bits per heavy atom. The third kappa shape index (κ3) is 5.76. The Morgan fingerprint density at radius 2 is 1.76 bits per heavy atom. The van der Waals surface area contributed by atoms with E-state index in [9.17, 15) is 9.90 Å². The lowest BCUT2D eigenvalue weighted by Gasteiger charge is -2.38. The van der Waals surface area contributed by atoms with Gasteiger partial charge in [0.25, 0.3) is 0 Å². The van der Waals surface area contributed by atoms with Crippen molar-refractivity contribution in [3.8, 4) is 11.5 Å². The van der Waals surface area contributed by atoms with Crippen molar-refractivity contribution in [3.05, 3.63) is 70.3 Å². The van der Waals surface area contributed by atoms with Crippen LogP contribution in [0.1, 0.15) is 80.2 Å². The molecule has 0 spiro atoms. The van der Waals surface area contributed by atoms with E-state index in [1.54, 1.807) is 12.1 Å². The second kappa shape index (κ2) is 10.4. The summed E-state index contributed by atoms with van der Waals surface area (Å²) in [4.78, 5) is 10.7. The summed E-state index contributed by atoms with van der Waals surface area (Å²) in [6.45, 7) is 13.0. The van der Waals surface area contributed by atoms with Gasteiger partial charge in [0.05, 0.1) is 0 Å². The first-order valence-corrected chi connectivity index (χ1v) is 12.1. The molecular weight excluding hydrogens is 408 g/mol. The van der Waals surface area contributed by atoms with Gasteiger partial charge >= 0.3 is 0 Å². The highest BCUT2D eigenvalue weighted by Gasteiger charge is 2.32. The molecule has 1 N–H and O–H groups in total. The van der Waals surface area contributed by atoms with Gasteiger partial charge in [0.15, 0.2) is 0 Å². The van der Waals surface area contributed by atoms with Crippen molar-refractivity contribution < 1.29 is 14.6 Å². The van der Waals surface area contributed by atoms with Crippen LogP contribution in [0.25, 0.3) is 10.8 Å². The summed E-state index contributed by atoms with van der Waals surface area (Å²) in [7, 11) is 0. The Labute approximate surface area is 198 Å². The molecule has 2 atom stereocenters. The van der Waals surface area contributed by atoms with Gasteiger partial charge in [-0.3, -0.25) is 0 Å². The van der Waals surface area contributed by atoms with E-state index in [4.69, 9.17) is 4.74 Å². The van der Waals surface area contributed by atoms with Crippen LogP contribution in [0, 0.1) is 20.8 Å². The van der Waals surface area contributed by atoms with E-state index in [-0.39, 0.29) is 17.3 Å². The summed E-state index contributed by atoms with van der Waals surface area (Å²) < 4.78 is 6.41. The predicted octanol–water partition coefficient (Wildman–Crippen LogP) is 7.73. The first-order chi connectivity index (χ1) is 15.7. The maximum atomic E-state index is 10.7. The number of hydrogen-bond acceptors (Lipinski definition) is 3. The summed E-state index contributed by atoms with van der Waals surface area (Å²) >= 11 is 0. The lowest BCUT2D eigenvalue weighted by molar-refractivity contribution is -0.108. The second-order valence-electron chi connectivity index (χ2n) is 9.81. The van der Waals surface area contributed by atoms with Gasteiger partial charge in [0.1, 0.15) is 23.4 Å². The minimum absolute atomic E-state index is 0.0496. The van der Waals surface area contributed by atoms with E-state index >= 15 is 0 Å². The van der Waals surface area contributed by atoms with Crippen LogP contribution in [0.3, 0.4) is 0 Å². The van der Waals surface area contributed by atoms with Crippen LogP contribution in [0.4, 0.5) is 0 Å². The largest absolute Gasteiger partial charge is 0.508 e. The van der Waals surface area contributed by atoms with Crippen molar-refractivity contribution in [2.24, 2.45) is 0 Å². The van der Waals surface area contributed by atoms with Crippen LogP contribution in [0.5, 0.6) is 11.5 Å². The molecule has 1 aliphatic rings. The summed E-state index contributed by atoms with van der Waals surface area (Å²) in [6, 6.07) is 13.3. The van der Waals surface area contributed by atoms with E-state index in [0.717, 1.165) is 29.0 Å². The number of aldehydes is 1. The fraction of sp³-hybridized carbons (Fsp3) is 0.433. The minimum atomic E-state index is -0.0804. The van der Waals surface area contributed by atoms with E-state index in [2.05, 4.69) is 40.7 Å². The summed E-state index contributed by atoms with van der Waals surface area (Å²) in [5.41, 5.74) is 6.57. The smallest absolute Gasteiger partial charge is 0.127 e. The zero-order valence-corrected chi connectivity index (χ0v) is 21.0. The summed E-state index contributed by atoms with van der Waals surface area (Å²) in [6.07, 6.45) is 6.94. The zero-order chi connectivity index (χ0) is 24.2. The van der Waals surface area contributed by atoms with E-state index in [0.29, 0.717) is 0 Å². The lowest BCUT2D eigenvalue weighted by atomic mass is 9.85. The van der Waals surface area contributed by atoms with Crippen molar-refractivity contribution in [1.29, 1.82) is 0 Å². The number of ether oxygens (including phenoxy) is 1. The van der Waals surface area contributed by atoms with Gasteiger partial charge in [0.2, 0.25) is 0 Å². The number of benzene rings is 3. The van der Waals surface area contributed by atoms with Gasteiger partial charge in [0, 0.05) is 5.92 Å². The molecule has 0 saturated carbocycles. The first kappa shape index (κ1) is 24.8. The van der Waals surface area contributed by atoms with Crippen molar-refractivity contribution in [3.63, 3.8) is 0 Å². The monoisotopic (exact) mass is 446 g/mol. The molecule has 0 fully saturated rings. The fourth-order valence-corrected chi connectivity index (χ4v) is 4.58. The Hall–Kier alpha value is -2.81. The molecule has 0 bridgehead atoms. The molecule has 3 heteroatoms. The van der Waals surface area contributed by atoms with Gasteiger partial charge in [-0.2, -0.15) is 0 Å². The summed E-state index contributed by atoms with van der Waals surface area (Å²) in [5, 5.41) is 11.3. The fourth-order valence-electron chi connectivity index (χ4n) is 4.58. The number of fused-ring (bicyclic) bond motifs is 2. The van der Waals surface area contributed by atoms with Crippen molar-refractivity contribution >= 4 is 17.1 Å². The molecule has 0 saturated heterocycles. The maximum absolute atomic E-state index is 10.7. The average molecular weight is 447 g/mol. The van der Waals surface area contributed by atoms with E-state index in [1.807, 2.05) is 31.2 Å². The number of unbranched alkanes of at least 4 members (excludes halogenated alkanes) is 1. The molecule has 0 amide bonds. The van der Waals surface area contributed by atoms with Crippen molar-refractivity contribution in [2.75, 3.05) is 0 Å². The molecule has 2 unspecified atom stereocenters. The van der Waals surface area contributed by atoms with Crippen LogP contribution < -0.4 is 4.74 Å². The average Bonchev–Trinajstić information content (AvgIpc) is 2.80. The molecule has 4 rings (SSSR count). The molecule has 3 aromatic rings. The third-order valence-corrected chi connectivity index (χ3v) is 7.00. The molecule has 3 nitrogen and oxygen atoms in total. The normalized spacial score (nSPS) is 18.0. The molecule has 33 heavy (non-hydrogen) atoms. The molecule has 0 aliphatic carbocycles. The molecule has 0 radical (unpaired) electrons. The van der Waals surface area contributed by atoms with Crippen LogP contribution in [0.15, 0.2) is 42.5 Å². The standard InChI is InChI=1S/C17H26O.C13H12O2/c1-6-7-9-17(5)10-8-15-13(3)11-12(2)14(4)16(15)18-17;1-9(8-14)10-2-3-12-7-13(15)5-4-11(12)6-10/h11H,6-10H2,1-5H3;2-9,15H,1H3.